The molecule has 0 aromatic heterocycles. The van der Waals surface area contributed by atoms with Gasteiger partial charge in [0, 0.05) is 5.57 Å². The Labute approximate surface area is 92.3 Å². The summed E-state index contributed by atoms with van der Waals surface area (Å²) in [6.45, 7) is 14.7. The average Bonchev–Trinajstić information content (AvgIpc) is 2.20. The Kier molecular flexibility index (Phi) is 9.53. The van der Waals surface area contributed by atoms with Crippen molar-refractivity contribution >= 4 is 5.97 Å². The second-order valence-corrected chi connectivity index (χ2v) is 2.76. The smallest absolute Gasteiger partial charge is 0.331 e. The van der Waals surface area contributed by atoms with Gasteiger partial charge in [0.2, 0.25) is 0 Å². The molecular formula is C13H20O2. The predicted octanol–water partition coefficient (Wildman–Crippen LogP) is 3.73. The molecule has 0 spiro atoms. The summed E-state index contributed by atoms with van der Waals surface area (Å²) in [6.07, 6.45) is 4.88. The topological polar surface area (TPSA) is 37.3 Å². The fraction of sp³-hybridized carbons (Fsp3) is 0.308. The molecule has 0 aromatic carbocycles. The third-order valence-corrected chi connectivity index (χ3v) is 1.56. The molecule has 0 atom stereocenters. The summed E-state index contributed by atoms with van der Waals surface area (Å²) < 4.78 is 0. The molecule has 2 nitrogen and oxygen atoms in total. The van der Waals surface area contributed by atoms with Gasteiger partial charge in [0.25, 0.3) is 0 Å². The minimum absolute atomic E-state index is 0.292. The van der Waals surface area contributed by atoms with E-state index in [4.69, 9.17) is 5.11 Å². The first-order valence-corrected chi connectivity index (χ1v) is 4.89. The highest BCUT2D eigenvalue weighted by Crippen LogP contribution is 2.08. The highest BCUT2D eigenvalue weighted by atomic mass is 16.4. The van der Waals surface area contributed by atoms with E-state index in [1.807, 2.05) is 20.8 Å². The summed E-state index contributed by atoms with van der Waals surface area (Å²) in [4.78, 5) is 10.4. The fourth-order valence-corrected chi connectivity index (χ4v) is 0.671. The highest BCUT2D eigenvalue weighted by molar-refractivity contribution is 5.86. The molecule has 0 aliphatic heterocycles. The van der Waals surface area contributed by atoms with Gasteiger partial charge in [-0.2, -0.15) is 0 Å². The molecule has 1 N–H and O–H groups in total. The molecule has 2 heteroatoms. The number of hydrogen-bond acceptors (Lipinski definition) is 1. The summed E-state index contributed by atoms with van der Waals surface area (Å²) in [5, 5.41) is 8.56. The van der Waals surface area contributed by atoms with Crippen molar-refractivity contribution in [3.63, 3.8) is 0 Å². The van der Waals surface area contributed by atoms with Gasteiger partial charge < -0.3 is 5.11 Å². The molecule has 0 fully saturated rings. The maximum Gasteiger partial charge on any atom is 0.331 e. The summed E-state index contributed by atoms with van der Waals surface area (Å²) in [5.74, 6) is -0.915. The number of carboxylic acid groups (broad SMARTS) is 1. The van der Waals surface area contributed by atoms with Gasteiger partial charge in [-0.1, -0.05) is 50.8 Å². The number of rotatable bonds is 4. The van der Waals surface area contributed by atoms with E-state index in [0.29, 0.717) is 5.57 Å². The van der Waals surface area contributed by atoms with Crippen LogP contribution < -0.4 is 0 Å². The van der Waals surface area contributed by atoms with Gasteiger partial charge in [-0.3, -0.25) is 0 Å². The zero-order valence-corrected chi connectivity index (χ0v) is 10.0. The van der Waals surface area contributed by atoms with Gasteiger partial charge in [0.1, 0.15) is 0 Å². The van der Waals surface area contributed by atoms with Crippen LogP contribution in [-0.2, 0) is 4.79 Å². The van der Waals surface area contributed by atoms with Crippen molar-refractivity contribution < 1.29 is 9.90 Å². The fourth-order valence-electron chi connectivity index (χ4n) is 0.671. The lowest BCUT2D eigenvalue weighted by Crippen LogP contribution is -1.94. The van der Waals surface area contributed by atoms with Crippen LogP contribution in [0, 0.1) is 0 Å². The first-order valence-electron chi connectivity index (χ1n) is 4.89. The van der Waals surface area contributed by atoms with Gasteiger partial charge in [-0.05, 0) is 19.4 Å². The molecule has 0 aliphatic carbocycles. The summed E-state index contributed by atoms with van der Waals surface area (Å²) in [6, 6.07) is 0. The van der Waals surface area contributed by atoms with E-state index < -0.39 is 5.97 Å². The molecule has 84 valence electrons. The van der Waals surface area contributed by atoms with Crippen molar-refractivity contribution in [3.05, 3.63) is 48.1 Å². The van der Waals surface area contributed by atoms with Crippen LogP contribution in [0.15, 0.2) is 48.1 Å². The molecule has 0 unspecified atom stereocenters. The molecular weight excluding hydrogens is 188 g/mol. The van der Waals surface area contributed by atoms with Crippen LogP contribution in [0.5, 0.6) is 0 Å². The monoisotopic (exact) mass is 208 g/mol. The first-order chi connectivity index (χ1) is 6.99. The number of carbonyl (C=O) groups is 1. The van der Waals surface area contributed by atoms with Crippen molar-refractivity contribution in [1.29, 1.82) is 0 Å². The van der Waals surface area contributed by atoms with Crippen molar-refractivity contribution in [3.8, 4) is 0 Å². The van der Waals surface area contributed by atoms with Crippen molar-refractivity contribution in [2.24, 2.45) is 0 Å². The highest BCUT2D eigenvalue weighted by Gasteiger charge is 1.97. The van der Waals surface area contributed by atoms with Crippen LogP contribution in [-0.4, -0.2) is 11.1 Å². The lowest BCUT2D eigenvalue weighted by Gasteiger charge is -1.97. The Morgan fingerprint density at radius 1 is 1.20 bits per heavy atom. The van der Waals surface area contributed by atoms with Gasteiger partial charge in [0.15, 0.2) is 0 Å². The molecule has 0 bridgehead atoms. The van der Waals surface area contributed by atoms with E-state index in [2.05, 4.69) is 13.2 Å². The normalized spacial score (nSPS) is 11.2. The second-order valence-electron chi connectivity index (χ2n) is 2.76. The number of hydrogen-bond donors (Lipinski definition) is 1. The molecule has 0 aliphatic rings. The van der Waals surface area contributed by atoms with E-state index >= 15 is 0 Å². The van der Waals surface area contributed by atoms with Crippen LogP contribution in [0.2, 0.25) is 0 Å². The molecule has 0 heterocycles. The van der Waals surface area contributed by atoms with Crippen LogP contribution in [0.4, 0.5) is 0 Å². The van der Waals surface area contributed by atoms with E-state index in [0.717, 1.165) is 11.1 Å². The maximum absolute atomic E-state index is 10.4. The summed E-state index contributed by atoms with van der Waals surface area (Å²) in [7, 11) is 0. The second kappa shape index (κ2) is 9.00. The summed E-state index contributed by atoms with van der Waals surface area (Å²) >= 11 is 0. The minimum Gasteiger partial charge on any atom is -0.478 e. The standard InChI is InChI=1S/C11H14O2.C2H6/c1-5-10(8(2)3)7-6-9(4)11(12)13;1-2/h5-7H,1-2H2,3-4H3,(H,12,13);1-2H3/b9-6+,10-7+;. The largest absolute Gasteiger partial charge is 0.478 e. The van der Waals surface area contributed by atoms with Crippen molar-refractivity contribution in [2.75, 3.05) is 0 Å². The lowest BCUT2D eigenvalue weighted by atomic mass is 10.1. The third-order valence-electron chi connectivity index (χ3n) is 1.56. The third kappa shape index (κ3) is 7.50. The number of carboxylic acids is 1. The zero-order chi connectivity index (χ0) is 12.4. The number of aliphatic carboxylic acids is 1. The Balaban J connectivity index is 0. The van der Waals surface area contributed by atoms with E-state index in [9.17, 15) is 4.79 Å². The molecule has 0 amide bonds. The maximum atomic E-state index is 10.4. The van der Waals surface area contributed by atoms with Crippen LogP contribution >= 0.6 is 0 Å². The molecule has 0 saturated carbocycles. The van der Waals surface area contributed by atoms with Gasteiger partial charge in [-0.25, -0.2) is 4.79 Å². The Hall–Kier alpha value is -1.57. The van der Waals surface area contributed by atoms with Gasteiger partial charge in [0.05, 0.1) is 0 Å². The zero-order valence-electron chi connectivity index (χ0n) is 10.0. The van der Waals surface area contributed by atoms with Crippen molar-refractivity contribution in [2.45, 2.75) is 27.7 Å². The lowest BCUT2D eigenvalue weighted by molar-refractivity contribution is -0.132. The molecule has 0 radical (unpaired) electrons. The summed E-state index contributed by atoms with van der Waals surface area (Å²) in [5.41, 5.74) is 2.01. The quantitative estimate of drug-likeness (QED) is 0.564. The minimum atomic E-state index is -0.915. The van der Waals surface area contributed by atoms with Crippen LogP contribution in [0.25, 0.3) is 0 Å². The average molecular weight is 208 g/mol. The Bertz CT molecular complexity index is 294. The molecule has 0 aromatic rings. The van der Waals surface area contributed by atoms with E-state index in [1.54, 1.807) is 12.2 Å². The van der Waals surface area contributed by atoms with Gasteiger partial charge in [-0.15, -0.1) is 0 Å². The van der Waals surface area contributed by atoms with Crippen LogP contribution in [0.3, 0.4) is 0 Å². The van der Waals surface area contributed by atoms with Crippen molar-refractivity contribution in [1.82, 2.24) is 0 Å². The van der Waals surface area contributed by atoms with Gasteiger partial charge >= 0.3 is 5.97 Å². The SMILES string of the molecule is C=C/C(=C\C=C(/C)C(=O)O)C(=C)C.CC. The van der Waals surface area contributed by atoms with Crippen LogP contribution in [0.1, 0.15) is 27.7 Å². The molecule has 0 rings (SSSR count). The van der Waals surface area contributed by atoms with E-state index in [-0.39, 0.29) is 0 Å². The number of allylic oxidation sites excluding steroid dienone is 5. The molecule has 0 saturated heterocycles. The first kappa shape index (κ1) is 15.9. The Morgan fingerprint density at radius 2 is 1.67 bits per heavy atom. The Morgan fingerprint density at radius 3 is 1.93 bits per heavy atom. The molecule has 15 heavy (non-hydrogen) atoms. The predicted molar refractivity (Wildman–Crippen MR) is 65.8 cm³/mol. The van der Waals surface area contributed by atoms with E-state index in [1.165, 1.54) is 13.0 Å².